The van der Waals surface area contributed by atoms with Gasteiger partial charge in [-0.2, -0.15) is 0 Å². The second-order valence-electron chi connectivity index (χ2n) is 4.70. The van der Waals surface area contributed by atoms with E-state index in [1.807, 2.05) is 6.07 Å². The number of nitrogens with one attached hydrogen (secondary N) is 1. The van der Waals surface area contributed by atoms with E-state index in [1.165, 1.54) is 11.1 Å². The Morgan fingerprint density at radius 1 is 1.39 bits per heavy atom. The Labute approximate surface area is 105 Å². The van der Waals surface area contributed by atoms with Gasteiger partial charge in [-0.15, -0.1) is 0 Å². The fourth-order valence-corrected chi connectivity index (χ4v) is 1.94. The van der Waals surface area contributed by atoms with Crippen molar-refractivity contribution in [3.05, 3.63) is 29.1 Å². The van der Waals surface area contributed by atoms with Crippen molar-refractivity contribution in [3.63, 3.8) is 0 Å². The van der Waals surface area contributed by atoms with Gasteiger partial charge in [-0.25, -0.2) is 4.98 Å². The maximum atomic E-state index is 10.6. The molecule has 0 aliphatic heterocycles. The lowest BCUT2D eigenvalue weighted by Crippen LogP contribution is -2.25. The molecule has 2 N–H and O–H groups in total. The number of benzene rings is 1. The number of rotatable bonds is 4. The molecule has 5 nitrogen and oxygen atoms in total. The number of imidazole rings is 1. The van der Waals surface area contributed by atoms with Crippen LogP contribution in [0.2, 0.25) is 0 Å². The number of carboxylic acid groups (broad SMARTS) is 1. The van der Waals surface area contributed by atoms with Crippen LogP contribution in [0.4, 0.5) is 0 Å². The number of aryl methyl sites for hydroxylation is 2. The first-order valence-corrected chi connectivity index (χ1v) is 5.82. The summed E-state index contributed by atoms with van der Waals surface area (Å²) in [6.07, 6.45) is 0. The number of fused-ring (bicyclic) bond motifs is 1. The molecule has 0 saturated carbocycles. The summed E-state index contributed by atoms with van der Waals surface area (Å²) < 4.78 is 0. The maximum absolute atomic E-state index is 10.6. The Morgan fingerprint density at radius 2 is 2.06 bits per heavy atom. The zero-order valence-electron chi connectivity index (χ0n) is 10.8. The Kier molecular flexibility index (Phi) is 3.34. The molecule has 0 atom stereocenters. The van der Waals surface area contributed by atoms with Crippen LogP contribution in [0.1, 0.15) is 17.0 Å². The van der Waals surface area contributed by atoms with E-state index in [9.17, 15) is 4.79 Å². The maximum Gasteiger partial charge on any atom is 0.317 e. The first-order chi connectivity index (χ1) is 8.45. The second-order valence-corrected chi connectivity index (χ2v) is 4.70. The average molecular weight is 247 g/mol. The van der Waals surface area contributed by atoms with E-state index in [0.717, 1.165) is 16.9 Å². The number of likely N-dealkylation sites (N-methyl/N-ethyl adjacent to an activating group) is 1. The van der Waals surface area contributed by atoms with Gasteiger partial charge < -0.3 is 10.1 Å². The topological polar surface area (TPSA) is 69.2 Å². The van der Waals surface area contributed by atoms with Gasteiger partial charge >= 0.3 is 5.97 Å². The summed E-state index contributed by atoms with van der Waals surface area (Å²) in [6.45, 7) is 4.62. The van der Waals surface area contributed by atoms with Gasteiger partial charge in [0, 0.05) is 0 Å². The lowest BCUT2D eigenvalue weighted by Gasteiger charge is -2.11. The fraction of sp³-hybridized carbons (Fsp3) is 0.385. The Morgan fingerprint density at radius 3 is 2.72 bits per heavy atom. The highest BCUT2D eigenvalue weighted by Crippen LogP contribution is 2.17. The highest BCUT2D eigenvalue weighted by Gasteiger charge is 2.09. The van der Waals surface area contributed by atoms with Crippen molar-refractivity contribution in [1.29, 1.82) is 0 Å². The first-order valence-electron chi connectivity index (χ1n) is 5.82. The molecule has 0 amide bonds. The molecule has 0 aliphatic carbocycles. The molecule has 0 fully saturated rings. The summed E-state index contributed by atoms with van der Waals surface area (Å²) in [5.74, 6) is -0.0425. The van der Waals surface area contributed by atoms with Gasteiger partial charge in [0.15, 0.2) is 0 Å². The number of hydrogen-bond acceptors (Lipinski definition) is 3. The molecular weight excluding hydrogens is 230 g/mol. The van der Waals surface area contributed by atoms with Crippen LogP contribution in [0, 0.1) is 13.8 Å². The van der Waals surface area contributed by atoms with Crippen LogP contribution in [0.15, 0.2) is 12.1 Å². The second kappa shape index (κ2) is 4.78. The Balaban J connectivity index is 2.22. The van der Waals surface area contributed by atoms with Crippen LogP contribution in [-0.4, -0.2) is 39.5 Å². The SMILES string of the molecule is Cc1cc2nc(CN(C)CC(=O)O)[nH]c2cc1C. The fourth-order valence-electron chi connectivity index (χ4n) is 1.94. The van der Waals surface area contributed by atoms with Crippen molar-refractivity contribution in [2.24, 2.45) is 0 Å². The van der Waals surface area contributed by atoms with E-state index in [1.54, 1.807) is 11.9 Å². The number of aromatic nitrogens is 2. The molecule has 1 aromatic carbocycles. The molecule has 1 heterocycles. The summed E-state index contributed by atoms with van der Waals surface area (Å²) in [5, 5.41) is 8.70. The first kappa shape index (κ1) is 12.6. The van der Waals surface area contributed by atoms with Gasteiger partial charge in [0.25, 0.3) is 0 Å². The summed E-state index contributed by atoms with van der Waals surface area (Å²) in [7, 11) is 1.76. The summed E-state index contributed by atoms with van der Waals surface area (Å²) in [6, 6.07) is 4.11. The van der Waals surface area contributed by atoms with Crippen LogP contribution in [-0.2, 0) is 11.3 Å². The van der Waals surface area contributed by atoms with Gasteiger partial charge in [-0.1, -0.05) is 0 Å². The minimum atomic E-state index is -0.833. The zero-order valence-corrected chi connectivity index (χ0v) is 10.8. The molecule has 0 saturated heterocycles. The third-order valence-electron chi connectivity index (χ3n) is 2.97. The standard InChI is InChI=1S/C13H17N3O2/c1-8-4-10-11(5-9(8)2)15-12(14-10)6-16(3)7-13(17)18/h4-5H,6-7H2,1-3H3,(H,14,15)(H,17,18). The van der Waals surface area contributed by atoms with Crippen LogP contribution >= 0.6 is 0 Å². The van der Waals surface area contributed by atoms with Gasteiger partial charge in [0.2, 0.25) is 0 Å². The molecular formula is C13H17N3O2. The third-order valence-corrected chi connectivity index (χ3v) is 2.97. The number of H-pyrrole nitrogens is 1. The van der Waals surface area contributed by atoms with E-state index >= 15 is 0 Å². The molecule has 0 unspecified atom stereocenters. The van der Waals surface area contributed by atoms with Gasteiger partial charge in [0.1, 0.15) is 5.82 Å². The summed E-state index contributed by atoms with van der Waals surface area (Å²) >= 11 is 0. The quantitative estimate of drug-likeness (QED) is 0.862. The number of nitrogens with zero attached hydrogens (tertiary/aromatic N) is 2. The van der Waals surface area contributed by atoms with Crippen molar-refractivity contribution >= 4 is 17.0 Å². The van der Waals surface area contributed by atoms with Gasteiger partial charge in [-0.3, -0.25) is 9.69 Å². The highest BCUT2D eigenvalue weighted by molar-refractivity contribution is 5.77. The predicted octanol–water partition coefficient (Wildman–Crippen LogP) is 1.70. The molecule has 0 spiro atoms. The highest BCUT2D eigenvalue weighted by atomic mass is 16.4. The molecule has 1 aromatic heterocycles. The lowest BCUT2D eigenvalue weighted by atomic mass is 10.1. The number of carboxylic acids is 1. The predicted molar refractivity (Wildman–Crippen MR) is 69.5 cm³/mol. The molecule has 0 aliphatic rings. The average Bonchev–Trinajstić information content (AvgIpc) is 2.58. The lowest BCUT2D eigenvalue weighted by molar-refractivity contribution is -0.138. The largest absolute Gasteiger partial charge is 0.480 e. The summed E-state index contributed by atoms with van der Waals surface area (Å²) in [4.78, 5) is 20.0. The van der Waals surface area contributed by atoms with Crippen molar-refractivity contribution < 1.29 is 9.90 Å². The molecule has 5 heteroatoms. The Bertz CT molecular complexity index is 550. The van der Waals surface area contributed by atoms with Crippen LogP contribution in [0.3, 0.4) is 0 Å². The molecule has 0 radical (unpaired) electrons. The minimum Gasteiger partial charge on any atom is -0.480 e. The third kappa shape index (κ3) is 2.68. The van der Waals surface area contributed by atoms with Crippen LogP contribution in [0.25, 0.3) is 11.0 Å². The van der Waals surface area contributed by atoms with E-state index in [2.05, 4.69) is 29.9 Å². The van der Waals surface area contributed by atoms with Crippen LogP contribution in [0.5, 0.6) is 0 Å². The zero-order chi connectivity index (χ0) is 13.3. The van der Waals surface area contributed by atoms with E-state index in [-0.39, 0.29) is 6.54 Å². The van der Waals surface area contributed by atoms with Gasteiger partial charge in [-0.05, 0) is 44.2 Å². The van der Waals surface area contributed by atoms with Crippen molar-refractivity contribution in [1.82, 2.24) is 14.9 Å². The van der Waals surface area contributed by atoms with Gasteiger partial charge in [0.05, 0.1) is 24.1 Å². The number of aromatic amines is 1. The smallest absolute Gasteiger partial charge is 0.317 e. The van der Waals surface area contributed by atoms with Crippen molar-refractivity contribution in [2.75, 3.05) is 13.6 Å². The normalized spacial score (nSPS) is 11.3. The number of carbonyl (C=O) groups is 1. The summed E-state index contributed by atoms with van der Waals surface area (Å²) in [5.41, 5.74) is 4.35. The van der Waals surface area contributed by atoms with E-state index in [0.29, 0.717) is 6.54 Å². The Hall–Kier alpha value is -1.88. The van der Waals surface area contributed by atoms with Crippen LogP contribution < -0.4 is 0 Å². The molecule has 96 valence electrons. The molecule has 18 heavy (non-hydrogen) atoms. The van der Waals surface area contributed by atoms with E-state index in [4.69, 9.17) is 5.11 Å². The molecule has 2 rings (SSSR count). The van der Waals surface area contributed by atoms with E-state index < -0.39 is 5.97 Å². The minimum absolute atomic E-state index is 0.00903. The number of hydrogen-bond donors (Lipinski definition) is 2. The molecule has 2 aromatic rings. The van der Waals surface area contributed by atoms with Crippen molar-refractivity contribution in [3.8, 4) is 0 Å². The molecule has 0 bridgehead atoms. The van der Waals surface area contributed by atoms with Crippen molar-refractivity contribution in [2.45, 2.75) is 20.4 Å². The number of aliphatic carboxylic acids is 1. The monoisotopic (exact) mass is 247 g/mol.